The summed E-state index contributed by atoms with van der Waals surface area (Å²) in [4.78, 5) is 14.8. The van der Waals surface area contributed by atoms with E-state index in [9.17, 15) is 13.2 Å². The minimum absolute atomic E-state index is 0.155. The van der Waals surface area contributed by atoms with Crippen molar-refractivity contribution in [2.45, 2.75) is 42.8 Å². The highest BCUT2D eigenvalue weighted by Crippen LogP contribution is 2.31. The molecule has 0 atom stereocenters. The number of hydrogen-bond donors (Lipinski definition) is 1. The minimum atomic E-state index is -3.56. The van der Waals surface area contributed by atoms with E-state index in [0.29, 0.717) is 50.0 Å². The molecule has 10 heteroatoms. The maximum Gasteiger partial charge on any atom is 0.243 e. The fraction of sp³-hybridized carbons (Fsp3) is 0.650. The number of likely N-dealkylation sites (tertiary alicyclic amines) is 1. The van der Waals surface area contributed by atoms with Crippen LogP contribution in [0.5, 0.6) is 0 Å². The molecule has 0 aliphatic carbocycles. The number of piperidine rings is 1. The number of halogens is 1. The summed E-state index contributed by atoms with van der Waals surface area (Å²) in [6.45, 7) is 4.60. The molecule has 0 unspecified atom stereocenters. The Morgan fingerprint density at radius 1 is 1.10 bits per heavy atom. The second-order valence-corrected chi connectivity index (χ2v) is 10.3. The lowest BCUT2D eigenvalue weighted by atomic mass is 10.0. The van der Waals surface area contributed by atoms with Gasteiger partial charge in [-0.25, -0.2) is 8.42 Å². The Labute approximate surface area is 182 Å². The number of benzene rings is 1. The molecule has 1 amide bonds. The summed E-state index contributed by atoms with van der Waals surface area (Å²) in [7, 11) is -3.56. The van der Waals surface area contributed by atoms with Crippen LogP contribution in [0.15, 0.2) is 23.1 Å². The average molecular weight is 458 g/mol. The second-order valence-electron chi connectivity index (χ2n) is 8.00. The van der Waals surface area contributed by atoms with Gasteiger partial charge in [-0.05, 0) is 31.0 Å². The molecule has 3 aliphatic rings. The molecule has 0 radical (unpaired) electrons. The van der Waals surface area contributed by atoms with Crippen molar-refractivity contribution in [1.82, 2.24) is 9.21 Å². The third-order valence-corrected chi connectivity index (χ3v) is 8.23. The molecule has 30 heavy (non-hydrogen) atoms. The number of anilines is 1. The van der Waals surface area contributed by atoms with E-state index in [0.717, 1.165) is 38.8 Å². The van der Waals surface area contributed by atoms with E-state index < -0.39 is 15.8 Å². The van der Waals surface area contributed by atoms with Gasteiger partial charge in [-0.1, -0.05) is 11.6 Å². The SMILES string of the molecule is O=C(CCN1CCC2(CC1)OCCO2)Nc1cc(S(=O)(=O)N2CCCC2)ccc1Cl. The number of amides is 1. The van der Waals surface area contributed by atoms with Crippen molar-refractivity contribution in [2.24, 2.45) is 0 Å². The van der Waals surface area contributed by atoms with E-state index in [2.05, 4.69) is 10.2 Å². The first-order chi connectivity index (χ1) is 14.4. The minimum Gasteiger partial charge on any atom is -0.347 e. The number of rotatable bonds is 6. The number of nitrogens with one attached hydrogen (secondary N) is 1. The lowest BCUT2D eigenvalue weighted by molar-refractivity contribution is -0.185. The highest BCUT2D eigenvalue weighted by atomic mass is 35.5. The van der Waals surface area contributed by atoms with E-state index in [1.54, 1.807) is 0 Å². The number of carbonyl (C=O) groups is 1. The Hall–Kier alpha value is -1.23. The van der Waals surface area contributed by atoms with Crippen LogP contribution in [0.1, 0.15) is 32.1 Å². The van der Waals surface area contributed by atoms with Crippen LogP contribution in [0.4, 0.5) is 5.69 Å². The normalized spacial score (nSPS) is 22.6. The van der Waals surface area contributed by atoms with Gasteiger partial charge in [-0.15, -0.1) is 0 Å². The Morgan fingerprint density at radius 2 is 1.77 bits per heavy atom. The standard InChI is InChI=1S/C20H28ClN3O5S/c21-17-4-3-16(30(26,27)24-8-1-2-9-24)15-18(17)22-19(25)5-10-23-11-6-20(7-12-23)28-13-14-29-20/h3-4,15H,1-2,5-14H2,(H,22,25). The third kappa shape index (κ3) is 4.81. The van der Waals surface area contributed by atoms with Crippen LogP contribution in [0.25, 0.3) is 0 Å². The summed E-state index contributed by atoms with van der Waals surface area (Å²) >= 11 is 6.21. The van der Waals surface area contributed by atoms with Crippen LogP contribution in [0, 0.1) is 0 Å². The molecule has 1 spiro atoms. The Bertz CT molecular complexity index is 872. The average Bonchev–Trinajstić information content (AvgIpc) is 3.42. The monoisotopic (exact) mass is 457 g/mol. The molecular formula is C20H28ClN3O5S. The molecule has 3 fully saturated rings. The topological polar surface area (TPSA) is 88.2 Å². The molecule has 1 N–H and O–H groups in total. The van der Waals surface area contributed by atoms with Crippen molar-refractivity contribution >= 4 is 33.2 Å². The van der Waals surface area contributed by atoms with Gasteiger partial charge in [0.1, 0.15) is 0 Å². The molecule has 8 nitrogen and oxygen atoms in total. The first kappa shape index (κ1) is 22.0. The highest BCUT2D eigenvalue weighted by Gasteiger charge is 2.39. The maximum absolute atomic E-state index is 12.8. The number of hydrogen-bond acceptors (Lipinski definition) is 6. The second kappa shape index (κ2) is 9.10. The van der Waals surface area contributed by atoms with Crippen LogP contribution in [0.2, 0.25) is 5.02 Å². The summed E-state index contributed by atoms with van der Waals surface area (Å²) in [5.74, 6) is -0.616. The number of nitrogens with zero attached hydrogens (tertiary/aromatic N) is 2. The smallest absolute Gasteiger partial charge is 0.243 e. The van der Waals surface area contributed by atoms with E-state index in [4.69, 9.17) is 21.1 Å². The molecular weight excluding hydrogens is 430 g/mol. The molecule has 4 rings (SSSR count). The third-order valence-electron chi connectivity index (χ3n) is 6.00. The van der Waals surface area contributed by atoms with Crippen molar-refractivity contribution < 1.29 is 22.7 Å². The zero-order valence-corrected chi connectivity index (χ0v) is 18.5. The van der Waals surface area contributed by atoms with Crippen LogP contribution < -0.4 is 5.32 Å². The largest absolute Gasteiger partial charge is 0.347 e. The van der Waals surface area contributed by atoms with Gasteiger partial charge in [0.15, 0.2) is 5.79 Å². The Kier molecular flexibility index (Phi) is 6.67. The molecule has 0 saturated carbocycles. The summed E-state index contributed by atoms with van der Waals surface area (Å²) in [5, 5.41) is 3.09. The molecule has 3 heterocycles. The van der Waals surface area contributed by atoms with Gasteiger partial charge in [0.25, 0.3) is 0 Å². The lowest BCUT2D eigenvalue weighted by Crippen LogP contribution is -2.45. The summed E-state index contributed by atoms with van der Waals surface area (Å²) in [6, 6.07) is 4.46. The zero-order chi connectivity index (χ0) is 21.2. The highest BCUT2D eigenvalue weighted by molar-refractivity contribution is 7.89. The Morgan fingerprint density at radius 3 is 2.43 bits per heavy atom. The van der Waals surface area contributed by atoms with Gasteiger partial charge in [0, 0.05) is 52.0 Å². The van der Waals surface area contributed by atoms with E-state index in [1.165, 1.54) is 22.5 Å². The number of sulfonamides is 1. The van der Waals surface area contributed by atoms with Gasteiger partial charge in [-0.3, -0.25) is 4.79 Å². The Balaban J connectivity index is 1.32. The van der Waals surface area contributed by atoms with Crippen molar-refractivity contribution in [3.63, 3.8) is 0 Å². The molecule has 0 aromatic heterocycles. The van der Waals surface area contributed by atoms with Gasteiger partial charge in [0.2, 0.25) is 15.9 Å². The first-order valence-corrected chi connectivity index (χ1v) is 12.3. The molecule has 166 valence electrons. The number of ether oxygens (including phenoxy) is 2. The van der Waals surface area contributed by atoms with Crippen LogP contribution in [0.3, 0.4) is 0 Å². The predicted molar refractivity (Wildman–Crippen MR) is 113 cm³/mol. The lowest BCUT2D eigenvalue weighted by Gasteiger charge is -2.37. The predicted octanol–water partition coefficient (Wildman–Crippen LogP) is 2.29. The molecule has 3 aliphatic heterocycles. The number of carbonyl (C=O) groups excluding carboxylic acids is 1. The zero-order valence-electron chi connectivity index (χ0n) is 16.9. The van der Waals surface area contributed by atoms with Crippen molar-refractivity contribution in [3.8, 4) is 0 Å². The van der Waals surface area contributed by atoms with Crippen LogP contribution in [-0.4, -0.2) is 75.3 Å². The van der Waals surface area contributed by atoms with Gasteiger partial charge in [0.05, 0.1) is 28.8 Å². The van der Waals surface area contributed by atoms with Gasteiger partial charge >= 0.3 is 0 Å². The van der Waals surface area contributed by atoms with E-state index >= 15 is 0 Å². The fourth-order valence-corrected chi connectivity index (χ4v) is 5.92. The maximum atomic E-state index is 12.8. The van der Waals surface area contributed by atoms with E-state index in [1.807, 2.05) is 0 Å². The summed E-state index contributed by atoms with van der Waals surface area (Å²) < 4.78 is 38.5. The van der Waals surface area contributed by atoms with E-state index in [-0.39, 0.29) is 10.8 Å². The van der Waals surface area contributed by atoms with Crippen LogP contribution in [-0.2, 0) is 24.3 Å². The quantitative estimate of drug-likeness (QED) is 0.705. The fourth-order valence-electron chi connectivity index (χ4n) is 4.21. The summed E-state index contributed by atoms with van der Waals surface area (Å²) in [6.07, 6.45) is 3.64. The molecule has 1 aromatic rings. The molecule has 1 aromatic carbocycles. The van der Waals surface area contributed by atoms with Crippen LogP contribution >= 0.6 is 11.6 Å². The first-order valence-electron chi connectivity index (χ1n) is 10.5. The molecule has 3 saturated heterocycles. The van der Waals surface area contributed by atoms with Gasteiger partial charge in [-0.2, -0.15) is 4.31 Å². The molecule has 0 bridgehead atoms. The van der Waals surface area contributed by atoms with Crippen molar-refractivity contribution in [1.29, 1.82) is 0 Å². The van der Waals surface area contributed by atoms with Crippen molar-refractivity contribution in [3.05, 3.63) is 23.2 Å². The van der Waals surface area contributed by atoms with Gasteiger partial charge < -0.3 is 19.7 Å². The summed E-state index contributed by atoms with van der Waals surface area (Å²) in [5.41, 5.74) is 0.326. The van der Waals surface area contributed by atoms with Crippen molar-refractivity contribution in [2.75, 3.05) is 51.3 Å².